The first-order valence-electron chi connectivity index (χ1n) is 9.98. The monoisotopic (exact) mass is 417 g/mol. The molecule has 0 aliphatic carbocycles. The van der Waals surface area contributed by atoms with Crippen molar-refractivity contribution in [2.24, 2.45) is 0 Å². The summed E-state index contributed by atoms with van der Waals surface area (Å²) in [6.07, 6.45) is 3.62. The van der Waals surface area contributed by atoms with Gasteiger partial charge < -0.3 is 14.6 Å². The highest BCUT2D eigenvalue weighted by Gasteiger charge is 2.34. The molecule has 156 valence electrons. The van der Waals surface area contributed by atoms with E-state index in [2.05, 4.69) is 15.3 Å². The normalized spacial score (nSPS) is 13.8. The van der Waals surface area contributed by atoms with Gasteiger partial charge in [0.05, 0.1) is 12.2 Å². The van der Waals surface area contributed by atoms with Gasteiger partial charge in [-0.2, -0.15) is 0 Å². The average molecular weight is 417 g/mol. The Morgan fingerprint density at radius 2 is 1.87 bits per heavy atom. The number of carbonyl (C=O) groups excluding carboxylic acids is 1. The molecule has 0 unspecified atom stereocenters. The first-order chi connectivity index (χ1) is 15.2. The Morgan fingerprint density at radius 3 is 2.65 bits per heavy atom. The predicted octanol–water partition coefficient (Wildman–Crippen LogP) is 3.69. The molecular formula is C23H20FN5O2. The molecule has 1 aliphatic rings. The number of nitrogens with zero attached hydrogens (tertiary/aromatic N) is 4. The van der Waals surface area contributed by atoms with E-state index in [0.717, 1.165) is 22.6 Å². The minimum absolute atomic E-state index is 0.0719. The zero-order chi connectivity index (χ0) is 21.2. The lowest BCUT2D eigenvalue weighted by molar-refractivity contribution is 0.0493. The summed E-state index contributed by atoms with van der Waals surface area (Å²) in [4.78, 5) is 17.5. The van der Waals surface area contributed by atoms with Crippen LogP contribution in [0.1, 0.15) is 22.2 Å². The number of aromatic amines is 1. The lowest BCUT2D eigenvalue weighted by Gasteiger charge is -2.38. The minimum Gasteiger partial charge on any atom is -0.487 e. The highest BCUT2D eigenvalue weighted by Crippen LogP contribution is 2.25. The second-order valence-corrected chi connectivity index (χ2v) is 7.46. The molecule has 0 saturated carbocycles. The van der Waals surface area contributed by atoms with Gasteiger partial charge in [0.1, 0.15) is 29.6 Å². The molecule has 0 atom stereocenters. The summed E-state index contributed by atoms with van der Waals surface area (Å²) in [6.45, 7) is 1.46. The maximum Gasteiger partial charge on any atom is 0.270 e. The molecule has 0 radical (unpaired) electrons. The van der Waals surface area contributed by atoms with E-state index in [1.54, 1.807) is 34.0 Å². The number of para-hydroxylation sites is 1. The standard InChI is InChI=1S/C23H20FN5O2/c24-18-8-6-16(7-9-18)17-10-22(25-11-17)23(30)28-13-20(14-28)29-12-19(26-27-29)15-31-21-4-2-1-3-5-21/h1-12,20,25H,13-15H2. The van der Waals surface area contributed by atoms with Crippen molar-refractivity contribution in [1.29, 1.82) is 0 Å². The van der Waals surface area contributed by atoms with Crippen LogP contribution in [-0.4, -0.2) is 43.9 Å². The summed E-state index contributed by atoms with van der Waals surface area (Å²) >= 11 is 0. The fourth-order valence-corrected chi connectivity index (χ4v) is 3.52. The van der Waals surface area contributed by atoms with Crippen LogP contribution in [0.2, 0.25) is 0 Å². The Bertz CT molecular complexity index is 1180. The van der Waals surface area contributed by atoms with E-state index in [4.69, 9.17) is 4.74 Å². The Hall–Kier alpha value is -3.94. The summed E-state index contributed by atoms with van der Waals surface area (Å²) in [5.74, 6) is 0.422. The maximum atomic E-state index is 13.1. The topological polar surface area (TPSA) is 76.0 Å². The largest absolute Gasteiger partial charge is 0.487 e. The number of nitrogens with one attached hydrogen (secondary N) is 1. The molecule has 1 amide bonds. The molecule has 1 N–H and O–H groups in total. The van der Waals surface area contributed by atoms with Gasteiger partial charge in [-0.15, -0.1) is 5.10 Å². The Kier molecular flexibility index (Phi) is 4.95. The Morgan fingerprint density at radius 1 is 1.10 bits per heavy atom. The van der Waals surface area contributed by atoms with Gasteiger partial charge in [0.15, 0.2) is 0 Å². The van der Waals surface area contributed by atoms with Crippen LogP contribution in [0.25, 0.3) is 11.1 Å². The molecule has 8 heteroatoms. The third-order valence-electron chi connectivity index (χ3n) is 5.30. The molecule has 0 spiro atoms. The first-order valence-corrected chi connectivity index (χ1v) is 9.98. The van der Waals surface area contributed by atoms with E-state index in [1.807, 2.05) is 36.5 Å². The van der Waals surface area contributed by atoms with Gasteiger partial charge in [0.2, 0.25) is 0 Å². The molecule has 5 rings (SSSR count). The van der Waals surface area contributed by atoms with Crippen LogP contribution in [0.4, 0.5) is 4.39 Å². The van der Waals surface area contributed by atoms with Crippen molar-refractivity contribution in [1.82, 2.24) is 24.9 Å². The van der Waals surface area contributed by atoms with Gasteiger partial charge in [-0.3, -0.25) is 4.79 Å². The number of amides is 1. The minimum atomic E-state index is -0.287. The van der Waals surface area contributed by atoms with Crippen molar-refractivity contribution < 1.29 is 13.9 Å². The van der Waals surface area contributed by atoms with Crippen molar-refractivity contribution in [2.45, 2.75) is 12.6 Å². The molecule has 2 aromatic carbocycles. The third kappa shape index (κ3) is 4.05. The second-order valence-electron chi connectivity index (χ2n) is 7.46. The molecule has 2 aromatic heterocycles. The highest BCUT2D eigenvalue weighted by atomic mass is 19.1. The van der Waals surface area contributed by atoms with Crippen molar-refractivity contribution in [3.8, 4) is 16.9 Å². The lowest BCUT2D eigenvalue weighted by atomic mass is 10.1. The van der Waals surface area contributed by atoms with Crippen LogP contribution in [0, 0.1) is 5.82 Å². The third-order valence-corrected chi connectivity index (χ3v) is 5.30. The predicted molar refractivity (Wildman–Crippen MR) is 112 cm³/mol. The van der Waals surface area contributed by atoms with Gasteiger partial charge in [0, 0.05) is 19.3 Å². The van der Waals surface area contributed by atoms with E-state index in [0.29, 0.717) is 25.4 Å². The summed E-state index contributed by atoms with van der Waals surface area (Å²) in [5, 5.41) is 8.34. The SMILES string of the molecule is O=C(c1cc(-c2ccc(F)cc2)c[nH]1)N1CC(n2cc(COc3ccccc3)nn2)C1. The van der Waals surface area contributed by atoms with E-state index in [-0.39, 0.29) is 17.8 Å². The molecule has 4 aromatic rings. The van der Waals surface area contributed by atoms with Crippen molar-refractivity contribution in [2.75, 3.05) is 13.1 Å². The summed E-state index contributed by atoms with van der Waals surface area (Å²) < 4.78 is 20.6. The van der Waals surface area contributed by atoms with Crippen LogP contribution < -0.4 is 4.74 Å². The molecule has 1 aliphatic heterocycles. The maximum absolute atomic E-state index is 13.1. The fraction of sp³-hybridized carbons (Fsp3) is 0.174. The number of likely N-dealkylation sites (tertiary alicyclic amines) is 1. The van der Waals surface area contributed by atoms with Crippen LogP contribution in [0.3, 0.4) is 0 Å². The number of halogens is 1. The number of carbonyl (C=O) groups is 1. The molecular weight excluding hydrogens is 397 g/mol. The second kappa shape index (κ2) is 8.06. The average Bonchev–Trinajstić information content (AvgIpc) is 3.43. The lowest BCUT2D eigenvalue weighted by Crippen LogP contribution is -2.51. The van der Waals surface area contributed by atoms with Gasteiger partial charge >= 0.3 is 0 Å². The van der Waals surface area contributed by atoms with Crippen molar-refractivity contribution >= 4 is 5.91 Å². The number of ether oxygens (including phenoxy) is 1. The molecule has 7 nitrogen and oxygen atoms in total. The molecule has 1 saturated heterocycles. The van der Waals surface area contributed by atoms with Gasteiger partial charge in [-0.1, -0.05) is 35.5 Å². The number of hydrogen-bond donors (Lipinski definition) is 1. The van der Waals surface area contributed by atoms with Crippen LogP contribution >= 0.6 is 0 Å². The molecule has 3 heterocycles. The molecule has 1 fully saturated rings. The van der Waals surface area contributed by atoms with Crippen molar-refractivity contribution in [3.63, 3.8) is 0 Å². The van der Waals surface area contributed by atoms with Gasteiger partial charge in [0.25, 0.3) is 5.91 Å². The quantitative estimate of drug-likeness (QED) is 0.519. The number of aromatic nitrogens is 4. The van der Waals surface area contributed by atoms with Gasteiger partial charge in [-0.05, 0) is 41.5 Å². The van der Waals surface area contributed by atoms with E-state index >= 15 is 0 Å². The number of rotatable bonds is 6. The van der Waals surface area contributed by atoms with Crippen molar-refractivity contribution in [3.05, 3.63) is 90.3 Å². The number of hydrogen-bond acceptors (Lipinski definition) is 4. The zero-order valence-electron chi connectivity index (χ0n) is 16.6. The Labute approximate surface area is 178 Å². The summed E-state index contributed by atoms with van der Waals surface area (Å²) in [7, 11) is 0. The summed E-state index contributed by atoms with van der Waals surface area (Å²) in [5.41, 5.74) is 2.95. The van der Waals surface area contributed by atoms with Crippen LogP contribution in [0.5, 0.6) is 5.75 Å². The smallest absolute Gasteiger partial charge is 0.270 e. The van der Waals surface area contributed by atoms with Gasteiger partial charge in [-0.25, -0.2) is 9.07 Å². The fourth-order valence-electron chi connectivity index (χ4n) is 3.52. The van der Waals surface area contributed by atoms with Crippen LogP contribution in [0.15, 0.2) is 73.1 Å². The van der Waals surface area contributed by atoms with E-state index < -0.39 is 0 Å². The zero-order valence-corrected chi connectivity index (χ0v) is 16.6. The first kappa shape index (κ1) is 19.0. The molecule has 0 bridgehead atoms. The summed E-state index contributed by atoms with van der Waals surface area (Å²) in [6, 6.07) is 17.6. The number of benzene rings is 2. The number of H-pyrrole nitrogens is 1. The Balaban J connectivity index is 1.16. The molecule has 31 heavy (non-hydrogen) atoms. The highest BCUT2D eigenvalue weighted by molar-refractivity contribution is 5.94. The van der Waals surface area contributed by atoms with E-state index in [1.165, 1.54) is 12.1 Å². The van der Waals surface area contributed by atoms with Crippen LogP contribution in [-0.2, 0) is 6.61 Å². The van der Waals surface area contributed by atoms with E-state index in [9.17, 15) is 9.18 Å².